The summed E-state index contributed by atoms with van der Waals surface area (Å²) in [5.74, 6) is 1.78. The van der Waals surface area contributed by atoms with Crippen LogP contribution in [0, 0.1) is 28.6 Å². The van der Waals surface area contributed by atoms with E-state index in [1.165, 1.54) is 44.1 Å². The Morgan fingerprint density at radius 2 is 1.76 bits per heavy atom. The third kappa shape index (κ3) is 5.44. The lowest BCUT2D eigenvalue weighted by molar-refractivity contribution is -0.316. The Morgan fingerprint density at radius 1 is 1.00 bits per heavy atom. The smallest absolute Gasteiger partial charge is 0.160 e. The summed E-state index contributed by atoms with van der Waals surface area (Å²) in [6.07, 6.45) is 12.7. The van der Waals surface area contributed by atoms with Crippen molar-refractivity contribution in [1.82, 2.24) is 9.80 Å². The van der Waals surface area contributed by atoms with Crippen LogP contribution in [0.1, 0.15) is 78.1 Å². The van der Waals surface area contributed by atoms with Gasteiger partial charge in [-0.05, 0) is 102 Å². The third-order valence-electron chi connectivity index (χ3n) is 10.2. The molecule has 1 heterocycles. The van der Waals surface area contributed by atoms with E-state index in [4.69, 9.17) is 9.47 Å². The van der Waals surface area contributed by atoms with Gasteiger partial charge in [-0.3, -0.25) is 0 Å². The Labute approximate surface area is 209 Å². The minimum Gasteiger partial charge on any atom is -0.395 e. The average Bonchev–Trinajstić information content (AvgIpc) is 3.32. The van der Waals surface area contributed by atoms with E-state index in [0.717, 1.165) is 58.5 Å². The van der Waals surface area contributed by atoms with E-state index in [0.29, 0.717) is 23.9 Å². The van der Waals surface area contributed by atoms with E-state index < -0.39 is 0 Å². The number of ether oxygens (including phenoxy) is 2. The van der Waals surface area contributed by atoms with Gasteiger partial charge in [0, 0.05) is 17.9 Å². The zero-order valence-electron chi connectivity index (χ0n) is 22.6. The van der Waals surface area contributed by atoms with Crippen LogP contribution < -0.4 is 0 Å². The number of allylic oxidation sites excluding steroid dienone is 1. The van der Waals surface area contributed by atoms with Gasteiger partial charge in [-0.2, -0.15) is 0 Å². The molecule has 5 heteroatoms. The van der Waals surface area contributed by atoms with E-state index in [2.05, 4.69) is 44.3 Å². The van der Waals surface area contributed by atoms with Crippen molar-refractivity contribution in [2.75, 3.05) is 53.5 Å². The molecule has 0 amide bonds. The van der Waals surface area contributed by atoms with Crippen molar-refractivity contribution in [1.29, 1.82) is 0 Å². The van der Waals surface area contributed by atoms with Crippen LogP contribution in [0.3, 0.4) is 0 Å². The van der Waals surface area contributed by atoms with E-state index in [9.17, 15) is 5.11 Å². The zero-order valence-corrected chi connectivity index (χ0v) is 22.6. The second-order valence-electron chi connectivity index (χ2n) is 12.7. The summed E-state index contributed by atoms with van der Waals surface area (Å²) in [4.78, 5) is 4.71. The highest BCUT2D eigenvalue weighted by molar-refractivity contribution is 5.18. The summed E-state index contributed by atoms with van der Waals surface area (Å²) in [5, 5.41) is 9.64. The van der Waals surface area contributed by atoms with E-state index in [1.54, 1.807) is 0 Å². The van der Waals surface area contributed by atoms with Crippen molar-refractivity contribution in [3.63, 3.8) is 0 Å². The maximum absolute atomic E-state index is 9.64. The maximum Gasteiger partial charge on any atom is 0.160 e. The Hall–Kier alpha value is -0.460. The molecule has 0 aromatic heterocycles. The van der Waals surface area contributed by atoms with Crippen LogP contribution in [0.2, 0.25) is 0 Å². The molecule has 1 aliphatic heterocycles. The Morgan fingerprint density at radius 3 is 2.47 bits per heavy atom. The van der Waals surface area contributed by atoms with Gasteiger partial charge in [0.25, 0.3) is 0 Å². The van der Waals surface area contributed by atoms with Crippen LogP contribution >= 0.6 is 0 Å². The van der Waals surface area contributed by atoms with Gasteiger partial charge >= 0.3 is 0 Å². The molecule has 3 saturated carbocycles. The Kier molecular flexibility index (Phi) is 8.83. The van der Waals surface area contributed by atoms with Crippen LogP contribution in [-0.4, -0.2) is 80.8 Å². The Bertz CT molecular complexity index is 678. The molecule has 0 spiro atoms. The largest absolute Gasteiger partial charge is 0.395 e. The zero-order chi connectivity index (χ0) is 24.3. The van der Waals surface area contributed by atoms with Gasteiger partial charge in [0.1, 0.15) is 0 Å². The lowest BCUT2D eigenvalue weighted by Crippen LogP contribution is -2.62. The topological polar surface area (TPSA) is 45.2 Å². The summed E-state index contributed by atoms with van der Waals surface area (Å²) in [7, 11) is 4.27. The first-order valence-corrected chi connectivity index (χ1v) is 14.2. The van der Waals surface area contributed by atoms with E-state index in [-0.39, 0.29) is 23.7 Å². The molecule has 1 N–H and O–H groups in total. The molecule has 4 aliphatic rings. The first-order valence-electron chi connectivity index (χ1n) is 14.2. The molecule has 34 heavy (non-hydrogen) atoms. The second-order valence-corrected chi connectivity index (χ2v) is 12.7. The van der Waals surface area contributed by atoms with Crippen LogP contribution in [-0.2, 0) is 9.47 Å². The number of hydrogen-bond acceptors (Lipinski definition) is 5. The predicted molar refractivity (Wildman–Crippen MR) is 139 cm³/mol. The molecule has 4 rings (SSSR count). The highest BCUT2D eigenvalue weighted by atomic mass is 16.7. The van der Waals surface area contributed by atoms with Crippen molar-refractivity contribution in [2.24, 2.45) is 28.6 Å². The quantitative estimate of drug-likeness (QED) is 0.452. The molecule has 0 aromatic rings. The van der Waals surface area contributed by atoms with Gasteiger partial charge in [-0.1, -0.05) is 38.8 Å². The summed E-state index contributed by atoms with van der Waals surface area (Å²) in [6.45, 7) is 14.7. The van der Waals surface area contributed by atoms with Gasteiger partial charge in [-0.15, -0.1) is 0 Å². The van der Waals surface area contributed by atoms with Crippen molar-refractivity contribution >= 4 is 0 Å². The highest BCUT2D eigenvalue weighted by Crippen LogP contribution is 2.63. The highest BCUT2D eigenvalue weighted by Gasteiger charge is 2.60. The van der Waals surface area contributed by atoms with Gasteiger partial charge in [0.15, 0.2) is 6.29 Å². The average molecular weight is 477 g/mol. The predicted octanol–water partition coefficient (Wildman–Crippen LogP) is 4.94. The molecule has 0 radical (unpaired) electrons. The SMILES string of the molecule is C=C1CCC2[C@]3(C)CO[C@@H](C4CCCC4)O[C@@H]3CC[C@@]2(C)[C@@H]1CCN(CCO)CCCN(C)C. The first-order chi connectivity index (χ1) is 16.3. The van der Waals surface area contributed by atoms with Crippen molar-refractivity contribution < 1.29 is 14.6 Å². The fourth-order valence-electron chi connectivity index (χ4n) is 8.26. The number of aliphatic hydroxyl groups excluding tert-OH is 1. The molecule has 5 nitrogen and oxygen atoms in total. The van der Waals surface area contributed by atoms with Gasteiger partial charge in [0.2, 0.25) is 0 Å². The monoisotopic (exact) mass is 476 g/mol. The Balaban J connectivity index is 1.42. The molecule has 1 saturated heterocycles. The minimum atomic E-state index is 0.0356. The summed E-state index contributed by atoms with van der Waals surface area (Å²) < 4.78 is 13.2. The van der Waals surface area contributed by atoms with E-state index >= 15 is 0 Å². The molecule has 0 bridgehead atoms. The number of rotatable bonds is 10. The molecule has 6 atom stereocenters. The first kappa shape index (κ1) is 26.6. The molecule has 3 aliphatic carbocycles. The molecule has 0 aromatic carbocycles. The molecule has 196 valence electrons. The third-order valence-corrected chi connectivity index (χ3v) is 10.2. The van der Waals surface area contributed by atoms with Crippen LogP contribution in [0.25, 0.3) is 0 Å². The fraction of sp³-hybridized carbons (Fsp3) is 0.931. The fourth-order valence-corrected chi connectivity index (χ4v) is 8.26. The number of fused-ring (bicyclic) bond motifs is 3. The number of nitrogens with zero attached hydrogens (tertiary/aromatic N) is 2. The van der Waals surface area contributed by atoms with Crippen molar-refractivity contribution in [3.8, 4) is 0 Å². The standard InChI is InChI=1S/C29H52N2O3/c1-22-11-12-25-28(2,24(22)14-18-31(19-20-32)17-8-16-30(4)5)15-13-26-29(25,3)21-33-27(34-26)23-9-6-7-10-23/h23-27,32H,1,6-21H2,2-5H3/t24-,25?,26-,27-,28+,29+/m1/s1. The van der Waals surface area contributed by atoms with Crippen molar-refractivity contribution in [2.45, 2.75) is 90.4 Å². The summed E-state index contributed by atoms with van der Waals surface area (Å²) in [6, 6.07) is 0. The lowest BCUT2D eigenvalue weighted by atomic mass is 9.46. The minimum absolute atomic E-state index is 0.0356. The van der Waals surface area contributed by atoms with Crippen LogP contribution in [0.15, 0.2) is 12.2 Å². The molecular formula is C29H52N2O3. The normalized spacial score (nSPS) is 39.0. The molecule has 1 unspecified atom stereocenters. The number of hydrogen-bond donors (Lipinski definition) is 1. The van der Waals surface area contributed by atoms with Gasteiger partial charge < -0.3 is 24.4 Å². The maximum atomic E-state index is 9.64. The van der Waals surface area contributed by atoms with Gasteiger partial charge in [-0.25, -0.2) is 0 Å². The van der Waals surface area contributed by atoms with Crippen LogP contribution in [0.4, 0.5) is 0 Å². The summed E-state index contributed by atoms with van der Waals surface area (Å²) in [5.41, 5.74) is 1.83. The molecular weight excluding hydrogens is 424 g/mol. The molecule has 4 fully saturated rings. The van der Waals surface area contributed by atoms with E-state index in [1.807, 2.05) is 0 Å². The van der Waals surface area contributed by atoms with Gasteiger partial charge in [0.05, 0.1) is 19.3 Å². The number of aliphatic hydroxyl groups is 1. The summed E-state index contributed by atoms with van der Waals surface area (Å²) >= 11 is 0. The van der Waals surface area contributed by atoms with Crippen LogP contribution in [0.5, 0.6) is 0 Å². The van der Waals surface area contributed by atoms with Crippen molar-refractivity contribution in [3.05, 3.63) is 12.2 Å². The second kappa shape index (κ2) is 11.3. The lowest BCUT2D eigenvalue weighted by Gasteiger charge is -2.63.